The van der Waals surface area contributed by atoms with Crippen LogP contribution in [0, 0.1) is 0 Å². The molecule has 1 aliphatic rings. The third-order valence-corrected chi connectivity index (χ3v) is 8.44. The Labute approximate surface area is 283 Å². The minimum absolute atomic E-state index is 0. The van der Waals surface area contributed by atoms with Crippen molar-refractivity contribution in [3.05, 3.63) is 57.6 Å². The van der Waals surface area contributed by atoms with E-state index < -0.39 is 0 Å². The second kappa shape index (κ2) is 16.2. The SMILES string of the molecule is CC(C)(C)c1cc(C=NC2CCCCC2)c(O)c(C(C)(C)C)c1.CC(C)(C)c1cc(C=[N][GeH3])c(O)c(C(C)(C)C)c1.Cl.Cl. The van der Waals surface area contributed by atoms with E-state index in [-0.39, 0.29) is 46.5 Å². The molecule has 1 aliphatic carbocycles. The van der Waals surface area contributed by atoms with Crippen LogP contribution in [0.25, 0.3) is 0 Å². The summed E-state index contributed by atoms with van der Waals surface area (Å²) in [6, 6.07) is 8.88. The third kappa shape index (κ3) is 12.1. The van der Waals surface area contributed by atoms with Crippen LogP contribution in [0.2, 0.25) is 0 Å². The van der Waals surface area contributed by atoms with E-state index in [1.807, 2.05) is 6.21 Å². The molecule has 0 atom stereocenters. The van der Waals surface area contributed by atoms with Crippen molar-refractivity contribution < 1.29 is 10.2 Å². The molecule has 43 heavy (non-hydrogen) atoms. The van der Waals surface area contributed by atoms with Crippen molar-refractivity contribution >= 4 is 54.0 Å². The standard InChI is InChI=1S/C21H33NO.C15H25GeNO.2ClH/c1-20(2,3)16-12-15(14-22-17-10-8-7-9-11-17)19(23)18(13-16)21(4,5)6;1-14(2,3)11-7-10(9-17-16)13(18)12(8-11)15(4,5)6;;/h12-14,17,23H,7-11H2,1-6H3;7-9,18H,1-6,16H3;2*1H. The molecular weight excluding hydrogens is 636 g/mol. The van der Waals surface area contributed by atoms with Gasteiger partial charge in [0.15, 0.2) is 0 Å². The monoisotopic (exact) mass is 696 g/mol. The zero-order chi connectivity index (χ0) is 31.4. The molecule has 0 saturated heterocycles. The number of hydrogen-bond donors (Lipinski definition) is 2. The van der Waals surface area contributed by atoms with Gasteiger partial charge in [0.25, 0.3) is 0 Å². The van der Waals surface area contributed by atoms with Gasteiger partial charge in [-0.05, 0) is 35.3 Å². The van der Waals surface area contributed by atoms with Gasteiger partial charge in [-0.2, -0.15) is 0 Å². The Balaban J connectivity index is 0.000000806. The molecule has 0 unspecified atom stereocenters. The molecule has 3 rings (SSSR count). The van der Waals surface area contributed by atoms with Gasteiger partial charge < -0.3 is 5.11 Å². The van der Waals surface area contributed by atoms with Gasteiger partial charge in [-0.15, -0.1) is 24.8 Å². The van der Waals surface area contributed by atoms with Crippen molar-refractivity contribution in [1.29, 1.82) is 0 Å². The van der Waals surface area contributed by atoms with Crippen molar-refractivity contribution in [2.75, 3.05) is 0 Å². The van der Waals surface area contributed by atoms with Crippen molar-refractivity contribution in [2.24, 2.45) is 8.94 Å². The molecule has 0 radical (unpaired) electrons. The van der Waals surface area contributed by atoms with E-state index in [0.717, 1.165) is 22.3 Å². The summed E-state index contributed by atoms with van der Waals surface area (Å²) in [6.45, 7) is 26.0. The van der Waals surface area contributed by atoms with Gasteiger partial charge in [-0.1, -0.05) is 66.9 Å². The summed E-state index contributed by atoms with van der Waals surface area (Å²) in [5.74, 6) is 0.772. The maximum Gasteiger partial charge on any atom is -0.147 e. The number of rotatable bonds is 3. The first-order chi connectivity index (χ1) is 18.7. The van der Waals surface area contributed by atoms with Crippen LogP contribution in [0.4, 0.5) is 0 Å². The van der Waals surface area contributed by atoms with E-state index >= 15 is 0 Å². The quantitative estimate of drug-likeness (QED) is 0.248. The van der Waals surface area contributed by atoms with Crippen LogP contribution in [0.5, 0.6) is 11.5 Å². The number of nitrogens with zero attached hydrogens (tertiary/aromatic N) is 2. The number of benzene rings is 2. The number of phenols is 2. The number of halogens is 2. The fourth-order valence-corrected chi connectivity index (χ4v) is 5.66. The van der Waals surface area contributed by atoms with Gasteiger partial charge in [0.2, 0.25) is 0 Å². The molecular formula is C36H60Cl2GeN2O2. The zero-order valence-electron chi connectivity index (χ0n) is 29.2. The Hall–Kier alpha value is -1.50. The van der Waals surface area contributed by atoms with E-state index in [0.29, 0.717) is 34.3 Å². The van der Waals surface area contributed by atoms with Crippen molar-refractivity contribution in [3.8, 4) is 11.5 Å². The summed E-state index contributed by atoms with van der Waals surface area (Å²) in [5.41, 5.74) is 6.20. The van der Waals surface area contributed by atoms with Gasteiger partial charge in [-0.3, -0.25) is 4.99 Å². The summed E-state index contributed by atoms with van der Waals surface area (Å²) in [5, 5.41) is 21.1. The fourth-order valence-electron chi connectivity index (χ4n) is 5.08. The van der Waals surface area contributed by atoms with Crippen LogP contribution in [-0.4, -0.2) is 45.4 Å². The minimum atomic E-state index is -0.0846. The molecule has 0 aromatic heterocycles. The number of hydrogen-bond acceptors (Lipinski definition) is 4. The van der Waals surface area contributed by atoms with E-state index in [9.17, 15) is 10.2 Å². The first-order valence-corrected chi connectivity index (χ1v) is 17.2. The Morgan fingerprint density at radius 3 is 1.30 bits per heavy atom. The van der Waals surface area contributed by atoms with E-state index in [1.165, 1.54) is 43.2 Å². The Bertz CT molecular complexity index is 1240. The maximum atomic E-state index is 10.8. The molecule has 1 fully saturated rings. The largest absolute Gasteiger partial charge is 0.147 e. The maximum absolute atomic E-state index is 10.8. The summed E-state index contributed by atoms with van der Waals surface area (Å²) in [7, 11) is 0. The van der Waals surface area contributed by atoms with Crippen molar-refractivity contribution in [1.82, 2.24) is 0 Å². The summed E-state index contributed by atoms with van der Waals surface area (Å²) < 4.78 is 4.22. The molecule has 2 N–H and O–H groups in total. The predicted octanol–water partition coefficient (Wildman–Crippen LogP) is 9.27. The molecule has 0 heterocycles. The molecule has 1 saturated carbocycles. The Kier molecular flexibility index (Phi) is 15.6. The van der Waals surface area contributed by atoms with Gasteiger partial charge in [0.05, 0.1) is 0 Å². The van der Waals surface area contributed by atoms with E-state index in [4.69, 9.17) is 4.99 Å². The molecule has 7 heteroatoms. The Morgan fingerprint density at radius 1 is 0.605 bits per heavy atom. The van der Waals surface area contributed by atoms with Crippen LogP contribution in [0.3, 0.4) is 0 Å². The first kappa shape index (κ1) is 41.5. The molecule has 0 bridgehead atoms. The summed E-state index contributed by atoms with van der Waals surface area (Å²) >= 11 is 0.416. The van der Waals surface area contributed by atoms with Gasteiger partial charge >= 0.3 is 119 Å². The number of phenolic OH excluding ortho intramolecular Hbond substituents is 2. The first-order valence-electron chi connectivity index (χ1n) is 15.4. The molecule has 244 valence electrons. The topological polar surface area (TPSA) is 65.2 Å². The van der Waals surface area contributed by atoms with Crippen LogP contribution >= 0.6 is 24.8 Å². The van der Waals surface area contributed by atoms with E-state index in [1.54, 1.807) is 6.21 Å². The summed E-state index contributed by atoms with van der Waals surface area (Å²) in [4.78, 5) is 4.78. The van der Waals surface area contributed by atoms with Crippen molar-refractivity contribution in [2.45, 2.75) is 143 Å². The fraction of sp³-hybridized carbons (Fsp3) is 0.611. The number of aliphatic imine (C=N–C) groups is 1. The second-order valence-electron chi connectivity index (χ2n) is 15.9. The molecule has 0 amide bonds. The average Bonchev–Trinajstić information content (AvgIpc) is 2.83. The summed E-state index contributed by atoms with van der Waals surface area (Å²) in [6.07, 6.45) is 9.98. The zero-order valence-corrected chi connectivity index (χ0v) is 35.0. The van der Waals surface area contributed by atoms with Gasteiger partial charge in [0, 0.05) is 23.4 Å². The average molecular weight is 696 g/mol. The van der Waals surface area contributed by atoms with Gasteiger partial charge in [-0.25, -0.2) is 0 Å². The van der Waals surface area contributed by atoms with Crippen LogP contribution in [0.15, 0.2) is 33.2 Å². The van der Waals surface area contributed by atoms with Crippen LogP contribution < -0.4 is 0 Å². The van der Waals surface area contributed by atoms with Gasteiger partial charge in [0.1, 0.15) is 5.75 Å². The smallest absolute Gasteiger partial charge is 0.147 e. The van der Waals surface area contributed by atoms with E-state index in [2.05, 4.69) is 111 Å². The van der Waals surface area contributed by atoms with Crippen LogP contribution in [0.1, 0.15) is 149 Å². The third-order valence-electron chi connectivity index (χ3n) is 7.89. The second-order valence-corrected chi connectivity index (χ2v) is 17.0. The Morgan fingerprint density at radius 2 is 0.977 bits per heavy atom. The minimum Gasteiger partial charge on any atom is -0.147 e. The normalized spacial score (nSPS) is 15.2. The molecule has 2 aromatic rings. The molecule has 4 nitrogen and oxygen atoms in total. The van der Waals surface area contributed by atoms with Crippen LogP contribution in [-0.2, 0) is 21.7 Å². The molecule has 2 aromatic carbocycles. The molecule has 0 aliphatic heterocycles. The predicted molar refractivity (Wildman–Crippen MR) is 198 cm³/mol. The molecule has 0 spiro atoms. The van der Waals surface area contributed by atoms with Crippen molar-refractivity contribution in [3.63, 3.8) is 0 Å². The number of aromatic hydroxyl groups is 2.